The Bertz CT molecular complexity index is 581. The van der Waals surface area contributed by atoms with Gasteiger partial charge in [-0.25, -0.2) is 4.68 Å². The molecule has 0 radical (unpaired) electrons. The standard InChI is InChI=1S/C13H19N5O2S.ClH/c1-18-13(15-16-17-18)21-7-6-14-9-10-4-5-11(19-2)12(8-10)20-3;/h4-5,8,14H,6-7,9H2,1-3H3;1H/p-1. The number of rotatable bonds is 8. The molecule has 0 unspecified atom stereocenters. The predicted octanol–water partition coefficient (Wildman–Crippen LogP) is -1.89. The van der Waals surface area contributed by atoms with Crippen LogP contribution in [0.5, 0.6) is 11.5 Å². The molecule has 22 heavy (non-hydrogen) atoms. The molecule has 0 aliphatic carbocycles. The number of ether oxygens (including phenoxy) is 2. The summed E-state index contributed by atoms with van der Waals surface area (Å²) in [6, 6.07) is 5.91. The second-order valence-corrected chi connectivity index (χ2v) is 5.36. The molecule has 0 atom stereocenters. The van der Waals surface area contributed by atoms with Gasteiger partial charge in [-0.15, -0.1) is 5.10 Å². The van der Waals surface area contributed by atoms with Crippen LogP contribution in [0.15, 0.2) is 23.4 Å². The van der Waals surface area contributed by atoms with Gasteiger partial charge in [0, 0.05) is 25.9 Å². The maximum atomic E-state index is 5.28. The van der Waals surface area contributed by atoms with Crippen LogP contribution in [-0.4, -0.2) is 46.7 Å². The maximum absolute atomic E-state index is 5.28. The lowest BCUT2D eigenvalue weighted by Gasteiger charge is -2.10. The van der Waals surface area contributed by atoms with Gasteiger partial charge >= 0.3 is 0 Å². The van der Waals surface area contributed by atoms with E-state index >= 15 is 0 Å². The third kappa shape index (κ3) is 5.04. The number of hydrogen-bond acceptors (Lipinski definition) is 7. The summed E-state index contributed by atoms with van der Waals surface area (Å²) in [5.41, 5.74) is 1.15. The first-order valence-electron chi connectivity index (χ1n) is 6.51. The van der Waals surface area contributed by atoms with E-state index in [0.29, 0.717) is 0 Å². The lowest BCUT2D eigenvalue weighted by atomic mass is 10.2. The third-order valence-corrected chi connectivity index (χ3v) is 3.88. The summed E-state index contributed by atoms with van der Waals surface area (Å²) in [6.07, 6.45) is 0. The molecule has 0 aliphatic heterocycles. The number of tetrazole rings is 1. The Kier molecular flexibility index (Phi) is 8.00. The Morgan fingerprint density at radius 1 is 1.23 bits per heavy atom. The van der Waals surface area contributed by atoms with Crippen molar-refractivity contribution in [2.45, 2.75) is 11.7 Å². The monoisotopic (exact) mass is 344 g/mol. The summed E-state index contributed by atoms with van der Waals surface area (Å²) in [4.78, 5) is 0. The van der Waals surface area contributed by atoms with Crippen molar-refractivity contribution in [3.8, 4) is 11.5 Å². The fraction of sp³-hybridized carbons (Fsp3) is 0.462. The van der Waals surface area contributed by atoms with Crippen molar-refractivity contribution >= 4 is 11.8 Å². The lowest BCUT2D eigenvalue weighted by molar-refractivity contribution is -0.00000511. The van der Waals surface area contributed by atoms with Crippen LogP contribution in [0.3, 0.4) is 0 Å². The molecule has 0 aliphatic rings. The van der Waals surface area contributed by atoms with E-state index in [2.05, 4.69) is 20.8 Å². The maximum Gasteiger partial charge on any atom is 0.209 e. The molecule has 2 aromatic rings. The summed E-state index contributed by atoms with van der Waals surface area (Å²) >= 11 is 1.62. The van der Waals surface area contributed by atoms with Crippen LogP contribution in [0, 0.1) is 0 Å². The zero-order valence-corrected chi connectivity index (χ0v) is 14.3. The minimum Gasteiger partial charge on any atom is -1.00 e. The minimum atomic E-state index is 0. The van der Waals surface area contributed by atoms with Crippen molar-refractivity contribution in [3.63, 3.8) is 0 Å². The number of nitrogens with zero attached hydrogens (tertiary/aromatic N) is 4. The number of benzene rings is 1. The summed E-state index contributed by atoms with van der Waals surface area (Å²) < 4.78 is 12.2. The largest absolute Gasteiger partial charge is 1.00 e. The predicted molar refractivity (Wildman–Crippen MR) is 80.8 cm³/mol. The van der Waals surface area contributed by atoms with E-state index < -0.39 is 0 Å². The van der Waals surface area contributed by atoms with Gasteiger partial charge in [0.25, 0.3) is 0 Å². The van der Waals surface area contributed by atoms with E-state index in [4.69, 9.17) is 9.47 Å². The highest BCUT2D eigenvalue weighted by atomic mass is 35.5. The van der Waals surface area contributed by atoms with E-state index in [1.165, 1.54) is 0 Å². The topological polar surface area (TPSA) is 74.1 Å². The molecule has 1 aromatic heterocycles. The Morgan fingerprint density at radius 2 is 2.00 bits per heavy atom. The highest BCUT2D eigenvalue weighted by molar-refractivity contribution is 7.99. The minimum absolute atomic E-state index is 0. The lowest BCUT2D eigenvalue weighted by Crippen LogP contribution is -3.00. The SMILES string of the molecule is COc1ccc(CNCCSc2nnnn2C)cc1OC.[Cl-]. The van der Waals surface area contributed by atoms with E-state index in [9.17, 15) is 0 Å². The van der Waals surface area contributed by atoms with E-state index in [1.54, 1.807) is 30.7 Å². The van der Waals surface area contributed by atoms with Crippen molar-refractivity contribution in [2.75, 3.05) is 26.5 Å². The Labute approximate surface area is 140 Å². The molecule has 0 saturated carbocycles. The number of thioether (sulfide) groups is 1. The quantitative estimate of drug-likeness (QED) is 0.443. The Balaban J connectivity index is 0.00000242. The van der Waals surface area contributed by atoms with E-state index in [-0.39, 0.29) is 12.4 Å². The van der Waals surface area contributed by atoms with Gasteiger partial charge in [0.1, 0.15) is 0 Å². The molecular weight excluding hydrogens is 326 g/mol. The zero-order chi connectivity index (χ0) is 15.1. The van der Waals surface area contributed by atoms with Crippen molar-refractivity contribution in [2.24, 2.45) is 7.05 Å². The van der Waals surface area contributed by atoms with Gasteiger partial charge in [0.2, 0.25) is 5.16 Å². The van der Waals surface area contributed by atoms with Gasteiger partial charge in [0.15, 0.2) is 11.5 Å². The zero-order valence-electron chi connectivity index (χ0n) is 12.7. The van der Waals surface area contributed by atoms with Gasteiger partial charge in [-0.3, -0.25) is 0 Å². The van der Waals surface area contributed by atoms with Crippen LogP contribution in [0.2, 0.25) is 0 Å². The molecule has 122 valence electrons. The normalized spacial score (nSPS) is 10.1. The van der Waals surface area contributed by atoms with Crippen molar-refractivity contribution < 1.29 is 21.9 Å². The average molecular weight is 345 g/mol. The fourth-order valence-corrected chi connectivity index (χ4v) is 2.53. The van der Waals surface area contributed by atoms with Crippen LogP contribution in [0.4, 0.5) is 0 Å². The van der Waals surface area contributed by atoms with Gasteiger partial charge < -0.3 is 27.2 Å². The molecule has 2 rings (SSSR count). The van der Waals surface area contributed by atoms with E-state index in [1.807, 2.05) is 25.2 Å². The van der Waals surface area contributed by atoms with Crippen LogP contribution >= 0.6 is 11.8 Å². The van der Waals surface area contributed by atoms with Crippen LogP contribution in [0.1, 0.15) is 5.56 Å². The third-order valence-electron chi connectivity index (χ3n) is 2.87. The first kappa shape index (κ1) is 18.5. The molecule has 0 saturated heterocycles. The average Bonchev–Trinajstić information content (AvgIpc) is 2.92. The smallest absolute Gasteiger partial charge is 0.209 e. The first-order valence-corrected chi connectivity index (χ1v) is 7.50. The highest BCUT2D eigenvalue weighted by Gasteiger charge is 2.05. The number of aromatic nitrogens is 4. The number of methoxy groups -OCH3 is 2. The van der Waals surface area contributed by atoms with Gasteiger partial charge in [-0.2, -0.15) is 0 Å². The summed E-state index contributed by atoms with van der Waals surface area (Å²) in [5, 5.41) is 15.5. The molecule has 9 heteroatoms. The number of nitrogens with one attached hydrogen (secondary N) is 1. The van der Waals surface area contributed by atoms with E-state index in [0.717, 1.165) is 41.1 Å². The highest BCUT2D eigenvalue weighted by Crippen LogP contribution is 2.27. The van der Waals surface area contributed by atoms with Crippen LogP contribution in [0.25, 0.3) is 0 Å². The summed E-state index contributed by atoms with van der Waals surface area (Å²) in [7, 11) is 5.11. The molecule has 7 nitrogen and oxygen atoms in total. The summed E-state index contributed by atoms with van der Waals surface area (Å²) in [5.74, 6) is 2.39. The molecule has 1 heterocycles. The van der Waals surface area contributed by atoms with Crippen LogP contribution < -0.4 is 27.2 Å². The second kappa shape index (κ2) is 9.50. The summed E-state index contributed by atoms with van der Waals surface area (Å²) in [6.45, 7) is 1.64. The van der Waals surface area contributed by atoms with Gasteiger partial charge in [-0.1, -0.05) is 17.8 Å². The van der Waals surface area contributed by atoms with Crippen LogP contribution in [-0.2, 0) is 13.6 Å². The Hall–Kier alpha value is -1.51. The molecule has 1 aromatic carbocycles. The van der Waals surface area contributed by atoms with Crippen molar-refractivity contribution in [1.29, 1.82) is 0 Å². The van der Waals surface area contributed by atoms with Crippen molar-refractivity contribution in [1.82, 2.24) is 25.5 Å². The van der Waals surface area contributed by atoms with Crippen molar-refractivity contribution in [3.05, 3.63) is 23.8 Å². The van der Waals surface area contributed by atoms with Gasteiger partial charge in [-0.05, 0) is 28.1 Å². The molecule has 0 spiro atoms. The molecule has 1 N–H and O–H groups in total. The second-order valence-electron chi connectivity index (χ2n) is 4.30. The molecule has 0 bridgehead atoms. The number of aryl methyl sites for hydroxylation is 1. The molecule has 0 fully saturated rings. The molecular formula is C13H19ClN5O2S-. The fourth-order valence-electron chi connectivity index (χ4n) is 1.78. The number of hydrogen-bond donors (Lipinski definition) is 1. The molecule has 0 amide bonds. The Morgan fingerprint density at radius 3 is 2.64 bits per heavy atom. The number of halogens is 1. The first-order chi connectivity index (χ1) is 10.2. The van der Waals surface area contributed by atoms with Gasteiger partial charge in [0.05, 0.1) is 14.2 Å².